The van der Waals surface area contributed by atoms with Crippen LogP contribution in [-0.2, 0) is 6.54 Å². The van der Waals surface area contributed by atoms with E-state index in [-0.39, 0.29) is 0 Å². The average Bonchev–Trinajstić information content (AvgIpc) is 2.83. The molecule has 1 aromatic carbocycles. The van der Waals surface area contributed by atoms with Crippen molar-refractivity contribution in [3.05, 3.63) is 28.8 Å². The van der Waals surface area contributed by atoms with E-state index >= 15 is 0 Å². The Hall–Kier alpha value is -0.970. The highest BCUT2D eigenvalue weighted by atomic mass is 32.1. The Morgan fingerprint density at radius 2 is 2.41 bits per heavy atom. The van der Waals surface area contributed by atoms with Gasteiger partial charge in [-0.2, -0.15) is 0 Å². The fraction of sp³-hybridized carbons (Fsp3) is 0.462. The molecule has 4 heteroatoms. The van der Waals surface area contributed by atoms with Crippen LogP contribution in [0, 0.1) is 12.8 Å². The molecular formula is C13H17N3S. The lowest BCUT2D eigenvalue weighted by atomic mass is 10.2. The second-order valence-corrected chi connectivity index (χ2v) is 6.12. The van der Waals surface area contributed by atoms with Crippen molar-refractivity contribution in [2.45, 2.75) is 20.4 Å². The van der Waals surface area contributed by atoms with Gasteiger partial charge in [0.1, 0.15) is 0 Å². The second kappa shape index (κ2) is 4.37. The molecule has 0 spiro atoms. The highest BCUT2D eigenvalue weighted by Gasteiger charge is 2.17. The predicted molar refractivity (Wildman–Crippen MR) is 71.9 cm³/mol. The van der Waals surface area contributed by atoms with Crippen LogP contribution in [0.25, 0.3) is 10.2 Å². The van der Waals surface area contributed by atoms with Crippen LogP contribution in [0.5, 0.6) is 0 Å². The lowest BCUT2D eigenvalue weighted by molar-refractivity contribution is 0.240. The predicted octanol–water partition coefficient (Wildman–Crippen LogP) is 2.56. The van der Waals surface area contributed by atoms with Gasteiger partial charge in [-0.25, -0.2) is 9.99 Å². The maximum Gasteiger partial charge on any atom is 0.0907 e. The number of hydrogen-bond donors (Lipinski definition) is 1. The number of fused-ring (bicyclic) bond motifs is 1. The number of aryl methyl sites for hydroxylation is 1. The van der Waals surface area contributed by atoms with Crippen molar-refractivity contribution >= 4 is 21.6 Å². The van der Waals surface area contributed by atoms with E-state index in [2.05, 4.69) is 47.5 Å². The molecule has 3 rings (SSSR count). The summed E-state index contributed by atoms with van der Waals surface area (Å²) in [6.07, 6.45) is 0. The quantitative estimate of drug-likeness (QED) is 0.884. The second-order valence-electron chi connectivity index (χ2n) is 4.88. The monoisotopic (exact) mass is 247 g/mol. The topological polar surface area (TPSA) is 28.2 Å². The molecule has 0 bridgehead atoms. The van der Waals surface area contributed by atoms with Crippen molar-refractivity contribution in [3.8, 4) is 0 Å². The van der Waals surface area contributed by atoms with E-state index in [4.69, 9.17) is 0 Å². The first-order chi connectivity index (χ1) is 8.20. The van der Waals surface area contributed by atoms with Crippen LogP contribution in [-0.4, -0.2) is 23.1 Å². The SMILES string of the molecule is Cc1nc2ccc(CN3CC(C)CN3)cc2s1. The highest BCUT2D eigenvalue weighted by Crippen LogP contribution is 2.23. The molecule has 0 saturated carbocycles. The third-order valence-electron chi connectivity index (χ3n) is 3.13. The number of hydrazine groups is 1. The fourth-order valence-electron chi connectivity index (χ4n) is 2.31. The van der Waals surface area contributed by atoms with E-state index < -0.39 is 0 Å². The van der Waals surface area contributed by atoms with E-state index in [1.807, 2.05) is 0 Å². The molecule has 2 heterocycles. The largest absolute Gasteiger partial charge is 0.255 e. The summed E-state index contributed by atoms with van der Waals surface area (Å²) >= 11 is 1.77. The molecule has 90 valence electrons. The maximum atomic E-state index is 4.49. The van der Waals surface area contributed by atoms with Gasteiger partial charge >= 0.3 is 0 Å². The smallest absolute Gasteiger partial charge is 0.0907 e. The van der Waals surface area contributed by atoms with E-state index in [0.29, 0.717) is 0 Å². The summed E-state index contributed by atoms with van der Waals surface area (Å²) in [4.78, 5) is 4.49. The number of hydrogen-bond acceptors (Lipinski definition) is 4. The zero-order chi connectivity index (χ0) is 11.8. The molecule has 1 aromatic heterocycles. The maximum absolute atomic E-state index is 4.49. The highest BCUT2D eigenvalue weighted by molar-refractivity contribution is 7.18. The van der Waals surface area contributed by atoms with E-state index in [9.17, 15) is 0 Å². The van der Waals surface area contributed by atoms with Gasteiger partial charge < -0.3 is 0 Å². The van der Waals surface area contributed by atoms with Crippen LogP contribution >= 0.6 is 11.3 Å². The van der Waals surface area contributed by atoms with E-state index in [0.717, 1.165) is 36.1 Å². The fourth-order valence-corrected chi connectivity index (χ4v) is 3.20. The summed E-state index contributed by atoms with van der Waals surface area (Å²) in [6.45, 7) is 7.57. The summed E-state index contributed by atoms with van der Waals surface area (Å²) in [7, 11) is 0. The molecule has 1 atom stereocenters. The van der Waals surface area contributed by atoms with Crippen LogP contribution in [0.4, 0.5) is 0 Å². The molecule has 3 nitrogen and oxygen atoms in total. The van der Waals surface area contributed by atoms with Crippen LogP contribution in [0.15, 0.2) is 18.2 Å². The Balaban J connectivity index is 1.80. The van der Waals surface area contributed by atoms with Gasteiger partial charge in [-0.3, -0.25) is 5.43 Å². The molecule has 1 N–H and O–H groups in total. The summed E-state index contributed by atoms with van der Waals surface area (Å²) in [5.41, 5.74) is 5.92. The van der Waals surface area contributed by atoms with Crippen LogP contribution in [0.2, 0.25) is 0 Å². The Morgan fingerprint density at radius 1 is 1.53 bits per heavy atom. The van der Waals surface area contributed by atoms with Gasteiger partial charge in [0.05, 0.1) is 15.2 Å². The van der Waals surface area contributed by atoms with E-state index in [1.165, 1.54) is 10.3 Å². The molecule has 0 amide bonds. The first-order valence-corrected chi connectivity index (χ1v) is 6.87. The molecule has 1 unspecified atom stereocenters. The Kier molecular flexibility index (Phi) is 2.86. The Labute approximate surface area is 105 Å². The zero-order valence-electron chi connectivity index (χ0n) is 10.2. The lowest BCUT2D eigenvalue weighted by Gasteiger charge is -2.15. The van der Waals surface area contributed by atoms with Crippen molar-refractivity contribution in [1.82, 2.24) is 15.4 Å². The van der Waals surface area contributed by atoms with Crippen LogP contribution < -0.4 is 5.43 Å². The molecular weight excluding hydrogens is 230 g/mol. The Bertz CT molecular complexity index is 534. The Morgan fingerprint density at radius 3 is 3.18 bits per heavy atom. The number of nitrogens with zero attached hydrogens (tertiary/aromatic N) is 2. The van der Waals surface area contributed by atoms with Crippen molar-refractivity contribution in [2.24, 2.45) is 5.92 Å². The number of benzene rings is 1. The summed E-state index contributed by atoms with van der Waals surface area (Å²) in [6, 6.07) is 6.59. The van der Waals surface area contributed by atoms with Crippen molar-refractivity contribution in [1.29, 1.82) is 0 Å². The minimum Gasteiger partial charge on any atom is -0.255 e. The standard InChI is InChI=1S/C13H17N3S/c1-9-6-14-16(7-9)8-11-3-4-12-13(5-11)17-10(2)15-12/h3-5,9,14H,6-8H2,1-2H3. The van der Waals surface area contributed by atoms with Crippen molar-refractivity contribution in [3.63, 3.8) is 0 Å². The van der Waals surface area contributed by atoms with Gasteiger partial charge in [-0.05, 0) is 30.5 Å². The van der Waals surface area contributed by atoms with E-state index in [1.54, 1.807) is 11.3 Å². The minimum atomic E-state index is 0.754. The number of rotatable bonds is 2. The van der Waals surface area contributed by atoms with Crippen LogP contribution in [0.1, 0.15) is 17.5 Å². The molecule has 1 fully saturated rings. The molecule has 1 aliphatic rings. The van der Waals surface area contributed by atoms with Gasteiger partial charge in [0.25, 0.3) is 0 Å². The molecule has 0 radical (unpaired) electrons. The van der Waals surface area contributed by atoms with Gasteiger partial charge in [0.2, 0.25) is 0 Å². The number of aromatic nitrogens is 1. The number of nitrogens with one attached hydrogen (secondary N) is 1. The van der Waals surface area contributed by atoms with Gasteiger partial charge in [0.15, 0.2) is 0 Å². The minimum absolute atomic E-state index is 0.754. The molecule has 17 heavy (non-hydrogen) atoms. The normalized spacial score (nSPS) is 21.4. The number of thiazole rings is 1. The van der Waals surface area contributed by atoms with Crippen molar-refractivity contribution < 1.29 is 0 Å². The molecule has 2 aromatic rings. The molecule has 1 saturated heterocycles. The summed E-state index contributed by atoms with van der Waals surface area (Å²) < 4.78 is 1.30. The molecule has 0 aliphatic carbocycles. The van der Waals surface area contributed by atoms with Gasteiger partial charge in [-0.15, -0.1) is 11.3 Å². The van der Waals surface area contributed by atoms with Crippen LogP contribution in [0.3, 0.4) is 0 Å². The molecule has 1 aliphatic heterocycles. The first-order valence-electron chi connectivity index (χ1n) is 6.05. The van der Waals surface area contributed by atoms with Gasteiger partial charge in [0, 0.05) is 19.6 Å². The zero-order valence-corrected chi connectivity index (χ0v) is 11.0. The first kappa shape index (κ1) is 11.1. The van der Waals surface area contributed by atoms with Crippen molar-refractivity contribution in [2.75, 3.05) is 13.1 Å². The van der Waals surface area contributed by atoms with Gasteiger partial charge in [-0.1, -0.05) is 13.0 Å². The average molecular weight is 247 g/mol. The summed E-state index contributed by atoms with van der Waals surface area (Å²) in [5, 5.41) is 3.45. The lowest BCUT2D eigenvalue weighted by Crippen LogP contribution is -2.29. The third kappa shape index (κ3) is 2.34. The third-order valence-corrected chi connectivity index (χ3v) is 4.06. The summed E-state index contributed by atoms with van der Waals surface area (Å²) in [5.74, 6) is 0.754.